The summed E-state index contributed by atoms with van der Waals surface area (Å²) in [5.41, 5.74) is 1.63. The molecule has 0 saturated carbocycles. The maximum Gasteiger partial charge on any atom is 0.229 e. The molecule has 0 aliphatic heterocycles. The van der Waals surface area contributed by atoms with Crippen molar-refractivity contribution in [1.82, 2.24) is 14.8 Å². The van der Waals surface area contributed by atoms with Gasteiger partial charge in [-0.1, -0.05) is 50.6 Å². The third-order valence-electron chi connectivity index (χ3n) is 3.89. The average molecular weight is 369 g/mol. The number of carbonyl (C=O) groups is 1. The van der Waals surface area contributed by atoms with E-state index < -0.39 is 0 Å². The van der Waals surface area contributed by atoms with E-state index in [-0.39, 0.29) is 17.7 Å². The van der Waals surface area contributed by atoms with Gasteiger partial charge in [-0.15, -0.1) is 0 Å². The van der Waals surface area contributed by atoms with Gasteiger partial charge in [0.2, 0.25) is 5.91 Å². The van der Waals surface area contributed by atoms with E-state index in [0.29, 0.717) is 16.7 Å². The van der Waals surface area contributed by atoms with Crippen molar-refractivity contribution in [1.29, 1.82) is 0 Å². The number of halogens is 1. The summed E-state index contributed by atoms with van der Waals surface area (Å²) in [5, 5.41) is 8.25. The monoisotopic (exact) mass is 368 g/mol. The van der Waals surface area contributed by atoms with E-state index in [0.717, 1.165) is 11.3 Å². The number of amides is 1. The van der Waals surface area contributed by atoms with E-state index in [1.165, 1.54) is 0 Å². The molecule has 2 heterocycles. The van der Waals surface area contributed by atoms with E-state index in [4.69, 9.17) is 11.6 Å². The van der Waals surface area contributed by atoms with Crippen LogP contribution in [0.3, 0.4) is 0 Å². The quantitative estimate of drug-likeness (QED) is 0.742. The van der Waals surface area contributed by atoms with Crippen molar-refractivity contribution in [3.05, 3.63) is 71.0 Å². The number of anilines is 1. The fourth-order valence-corrected chi connectivity index (χ4v) is 2.59. The zero-order valence-corrected chi connectivity index (χ0v) is 15.8. The molecule has 2 aromatic heterocycles. The van der Waals surface area contributed by atoms with E-state index in [2.05, 4.69) is 36.2 Å². The molecule has 1 aromatic carbocycles. The molecule has 0 spiro atoms. The highest BCUT2D eigenvalue weighted by Crippen LogP contribution is 2.25. The van der Waals surface area contributed by atoms with Gasteiger partial charge in [0.1, 0.15) is 5.82 Å². The van der Waals surface area contributed by atoms with E-state index in [1.807, 2.05) is 36.4 Å². The first-order valence-corrected chi connectivity index (χ1v) is 8.77. The number of hydrogen-bond acceptors (Lipinski definition) is 3. The van der Waals surface area contributed by atoms with Gasteiger partial charge >= 0.3 is 0 Å². The summed E-state index contributed by atoms with van der Waals surface area (Å²) < 4.78 is 1.67. The van der Waals surface area contributed by atoms with Gasteiger partial charge in [-0.25, -0.2) is 4.98 Å². The maximum atomic E-state index is 12.5. The van der Waals surface area contributed by atoms with Gasteiger partial charge < -0.3 is 5.32 Å². The highest BCUT2D eigenvalue weighted by Gasteiger charge is 2.21. The van der Waals surface area contributed by atoms with Crippen molar-refractivity contribution in [2.24, 2.45) is 0 Å². The van der Waals surface area contributed by atoms with Crippen LogP contribution < -0.4 is 5.32 Å². The van der Waals surface area contributed by atoms with Gasteiger partial charge in [-0.05, 0) is 29.8 Å². The standard InChI is InChI=1S/C20H21ClN4O/c1-20(2,3)16-13-18(25(24-16)17-6-4-5-11-22-17)23-19(26)12-14-7-9-15(21)10-8-14/h4-11,13H,12H2,1-3H3,(H,23,26). The Kier molecular flexibility index (Phi) is 5.09. The molecule has 1 N–H and O–H groups in total. The minimum Gasteiger partial charge on any atom is -0.310 e. The van der Waals surface area contributed by atoms with Gasteiger partial charge in [0.25, 0.3) is 0 Å². The first-order chi connectivity index (χ1) is 12.3. The fraction of sp³-hybridized carbons (Fsp3) is 0.250. The predicted molar refractivity (Wildman–Crippen MR) is 104 cm³/mol. The van der Waals surface area contributed by atoms with Crippen molar-refractivity contribution in [3.8, 4) is 5.82 Å². The molecular weight excluding hydrogens is 348 g/mol. The molecule has 3 aromatic rings. The van der Waals surface area contributed by atoms with Gasteiger partial charge in [0.15, 0.2) is 5.82 Å². The summed E-state index contributed by atoms with van der Waals surface area (Å²) in [6.45, 7) is 6.24. The summed E-state index contributed by atoms with van der Waals surface area (Å²) >= 11 is 5.89. The second-order valence-corrected chi connectivity index (χ2v) is 7.55. The average Bonchev–Trinajstić information content (AvgIpc) is 3.02. The van der Waals surface area contributed by atoms with Crippen LogP contribution in [0.5, 0.6) is 0 Å². The molecule has 1 amide bonds. The van der Waals surface area contributed by atoms with E-state index in [1.54, 1.807) is 23.0 Å². The van der Waals surface area contributed by atoms with Crippen molar-refractivity contribution in [2.75, 3.05) is 5.32 Å². The van der Waals surface area contributed by atoms with Crippen LogP contribution in [0.15, 0.2) is 54.7 Å². The highest BCUT2D eigenvalue weighted by atomic mass is 35.5. The highest BCUT2D eigenvalue weighted by molar-refractivity contribution is 6.30. The van der Waals surface area contributed by atoms with Gasteiger partial charge in [-0.3, -0.25) is 4.79 Å². The lowest BCUT2D eigenvalue weighted by Gasteiger charge is -2.13. The van der Waals surface area contributed by atoms with Gasteiger partial charge in [0, 0.05) is 22.7 Å². The predicted octanol–water partition coefficient (Wildman–Crippen LogP) is 4.40. The number of aromatic nitrogens is 3. The smallest absolute Gasteiger partial charge is 0.229 e. The molecule has 0 aliphatic rings. The number of hydrogen-bond donors (Lipinski definition) is 1. The second-order valence-electron chi connectivity index (χ2n) is 7.12. The van der Waals surface area contributed by atoms with Crippen LogP contribution >= 0.6 is 11.6 Å². The minimum absolute atomic E-state index is 0.120. The summed E-state index contributed by atoms with van der Waals surface area (Å²) in [6, 6.07) is 14.7. The van der Waals surface area contributed by atoms with Crippen LogP contribution in [0.25, 0.3) is 5.82 Å². The normalized spacial score (nSPS) is 11.4. The fourth-order valence-electron chi connectivity index (χ4n) is 2.47. The van der Waals surface area contributed by atoms with E-state index >= 15 is 0 Å². The molecule has 134 valence electrons. The number of nitrogens with zero attached hydrogens (tertiary/aromatic N) is 3. The number of carbonyl (C=O) groups excluding carboxylic acids is 1. The zero-order valence-electron chi connectivity index (χ0n) is 15.0. The lowest BCUT2D eigenvalue weighted by Crippen LogP contribution is -2.17. The van der Waals surface area contributed by atoms with Crippen LogP contribution in [0.2, 0.25) is 5.02 Å². The first-order valence-electron chi connectivity index (χ1n) is 8.39. The van der Waals surface area contributed by atoms with Crippen LogP contribution in [0, 0.1) is 0 Å². The molecule has 0 bridgehead atoms. The molecular formula is C20H21ClN4O. The van der Waals surface area contributed by atoms with Crippen molar-refractivity contribution in [2.45, 2.75) is 32.6 Å². The zero-order chi connectivity index (χ0) is 18.7. The Morgan fingerprint density at radius 1 is 1.15 bits per heavy atom. The lowest BCUT2D eigenvalue weighted by atomic mass is 9.92. The Morgan fingerprint density at radius 2 is 1.88 bits per heavy atom. The molecule has 6 heteroatoms. The lowest BCUT2D eigenvalue weighted by molar-refractivity contribution is -0.115. The Hall–Kier alpha value is -2.66. The molecule has 0 atom stereocenters. The Morgan fingerprint density at radius 3 is 2.50 bits per heavy atom. The molecule has 0 aliphatic carbocycles. The Labute approximate surface area is 158 Å². The Bertz CT molecular complexity index is 896. The number of pyridine rings is 1. The van der Waals surface area contributed by atoms with Crippen LogP contribution in [0.1, 0.15) is 32.0 Å². The molecule has 0 radical (unpaired) electrons. The molecule has 0 saturated heterocycles. The van der Waals surface area contributed by atoms with Crippen LogP contribution in [0.4, 0.5) is 5.82 Å². The largest absolute Gasteiger partial charge is 0.310 e. The second kappa shape index (κ2) is 7.30. The third kappa shape index (κ3) is 4.29. The maximum absolute atomic E-state index is 12.5. The molecule has 26 heavy (non-hydrogen) atoms. The number of rotatable bonds is 4. The third-order valence-corrected chi connectivity index (χ3v) is 4.14. The summed E-state index contributed by atoms with van der Waals surface area (Å²) in [7, 11) is 0. The van der Waals surface area contributed by atoms with Crippen molar-refractivity contribution in [3.63, 3.8) is 0 Å². The van der Waals surface area contributed by atoms with Gasteiger partial charge in [-0.2, -0.15) is 9.78 Å². The SMILES string of the molecule is CC(C)(C)c1cc(NC(=O)Cc2ccc(Cl)cc2)n(-c2ccccn2)n1. The topological polar surface area (TPSA) is 59.8 Å². The molecule has 5 nitrogen and oxygen atoms in total. The van der Waals surface area contributed by atoms with Crippen molar-refractivity contribution >= 4 is 23.3 Å². The molecule has 0 fully saturated rings. The van der Waals surface area contributed by atoms with Gasteiger partial charge in [0.05, 0.1) is 12.1 Å². The van der Waals surface area contributed by atoms with Crippen LogP contribution in [-0.4, -0.2) is 20.7 Å². The summed E-state index contributed by atoms with van der Waals surface area (Å²) in [5.74, 6) is 1.14. The molecule has 3 rings (SSSR count). The summed E-state index contributed by atoms with van der Waals surface area (Å²) in [6.07, 6.45) is 1.96. The Balaban J connectivity index is 1.87. The van der Waals surface area contributed by atoms with E-state index in [9.17, 15) is 4.79 Å². The molecule has 0 unspecified atom stereocenters. The summed E-state index contributed by atoms with van der Waals surface area (Å²) in [4.78, 5) is 16.8. The first kappa shape index (κ1) is 18.1. The van der Waals surface area contributed by atoms with Crippen LogP contribution in [-0.2, 0) is 16.6 Å². The number of nitrogens with one attached hydrogen (secondary N) is 1. The van der Waals surface area contributed by atoms with Crippen molar-refractivity contribution < 1.29 is 4.79 Å². The minimum atomic E-state index is -0.143. The number of benzene rings is 1.